The third-order valence-electron chi connectivity index (χ3n) is 3.79. The third kappa shape index (κ3) is 6.88. The van der Waals surface area contributed by atoms with Gasteiger partial charge in [-0.1, -0.05) is 70.6 Å². The number of rotatable bonds is 0. The van der Waals surface area contributed by atoms with Gasteiger partial charge >= 0.3 is 0 Å². The molecule has 0 unspecified atom stereocenters. The molecule has 0 atom stereocenters. The molecule has 1 nitrogen and oxygen atoms in total. The van der Waals surface area contributed by atoms with Crippen LogP contribution in [0.3, 0.4) is 0 Å². The Kier molecular flexibility index (Phi) is 8.22. The topological polar surface area (TPSA) is 23.8 Å². The average Bonchev–Trinajstić information content (AvgIpc) is 2.32. The highest BCUT2D eigenvalue weighted by atomic mass is 14.3. The molecule has 0 radical (unpaired) electrons. The summed E-state index contributed by atoms with van der Waals surface area (Å²) in [7, 11) is 0. The van der Waals surface area contributed by atoms with Gasteiger partial charge in [-0.15, -0.1) is 0 Å². The second kappa shape index (κ2) is 9.70. The fourth-order valence-electron chi connectivity index (χ4n) is 2.65. The van der Waals surface area contributed by atoms with Crippen LogP contribution in [-0.4, -0.2) is 0 Å². The molecule has 0 saturated heterocycles. The van der Waals surface area contributed by atoms with Gasteiger partial charge in [-0.05, 0) is 12.8 Å². The maximum Gasteiger partial charge on any atom is 0.0655 e. The molecule has 0 bridgehead atoms. The molecule has 1 rings (SSSR count). The monoisotopic (exact) mass is 221 g/mol. The van der Waals surface area contributed by atoms with Crippen molar-refractivity contribution in [1.82, 2.24) is 0 Å². The van der Waals surface area contributed by atoms with Crippen molar-refractivity contribution >= 4 is 0 Å². The molecule has 16 heavy (non-hydrogen) atoms. The number of nitrogens with zero attached hydrogens (tertiary/aromatic N) is 1. The first kappa shape index (κ1) is 13.6. The van der Waals surface area contributed by atoms with Crippen LogP contribution in [0.15, 0.2) is 0 Å². The van der Waals surface area contributed by atoms with Crippen molar-refractivity contribution in [3.05, 3.63) is 0 Å². The molecule has 0 aliphatic heterocycles. The van der Waals surface area contributed by atoms with Crippen molar-refractivity contribution in [2.75, 3.05) is 0 Å². The van der Waals surface area contributed by atoms with Gasteiger partial charge in [-0.3, -0.25) is 0 Å². The molecule has 1 aliphatic carbocycles. The largest absolute Gasteiger partial charge is 0.198 e. The lowest BCUT2D eigenvalue weighted by Gasteiger charge is -2.10. The Morgan fingerprint density at radius 2 is 0.875 bits per heavy atom. The van der Waals surface area contributed by atoms with E-state index in [1.165, 1.54) is 70.6 Å². The van der Waals surface area contributed by atoms with Crippen LogP contribution in [0.1, 0.15) is 83.5 Å². The highest BCUT2D eigenvalue weighted by Crippen LogP contribution is 2.19. The van der Waals surface area contributed by atoms with E-state index >= 15 is 0 Å². The van der Waals surface area contributed by atoms with Crippen LogP contribution in [0, 0.1) is 17.2 Å². The minimum atomic E-state index is 0.350. The van der Waals surface area contributed by atoms with Crippen molar-refractivity contribution in [1.29, 1.82) is 5.26 Å². The van der Waals surface area contributed by atoms with Crippen LogP contribution in [-0.2, 0) is 0 Å². The van der Waals surface area contributed by atoms with Gasteiger partial charge in [-0.25, -0.2) is 0 Å². The third-order valence-corrected chi connectivity index (χ3v) is 3.79. The van der Waals surface area contributed by atoms with E-state index in [-0.39, 0.29) is 0 Å². The lowest BCUT2D eigenvalue weighted by atomic mass is 9.94. The number of hydrogen-bond acceptors (Lipinski definition) is 1. The van der Waals surface area contributed by atoms with Crippen LogP contribution < -0.4 is 0 Å². The lowest BCUT2D eigenvalue weighted by molar-refractivity contribution is 0.459. The zero-order chi connectivity index (χ0) is 11.5. The van der Waals surface area contributed by atoms with E-state index in [9.17, 15) is 0 Å². The Balaban J connectivity index is 2.19. The highest BCUT2D eigenvalue weighted by molar-refractivity contribution is 4.82. The summed E-state index contributed by atoms with van der Waals surface area (Å²) in [6.07, 6.45) is 17.5. The van der Waals surface area contributed by atoms with Gasteiger partial charge in [-0.2, -0.15) is 5.26 Å². The first-order chi connectivity index (χ1) is 7.93. The van der Waals surface area contributed by atoms with Crippen molar-refractivity contribution in [2.45, 2.75) is 83.5 Å². The Hall–Kier alpha value is -0.510. The molecular weight excluding hydrogens is 194 g/mol. The van der Waals surface area contributed by atoms with Crippen molar-refractivity contribution in [2.24, 2.45) is 5.92 Å². The van der Waals surface area contributed by atoms with Crippen LogP contribution >= 0.6 is 0 Å². The fraction of sp³-hybridized carbons (Fsp3) is 0.933. The smallest absolute Gasteiger partial charge is 0.0655 e. The first-order valence-corrected chi connectivity index (χ1v) is 7.33. The van der Waals surface area contributed by atoms with Gasteiger partial charge in [0.2, 0.25) is 0 Å². The van der Waals surface area contributed by atoms with E-state index in [0.29, 0.717) is 5.92 Å². The minimum absolute atomic E-state index is 0.350. The number of nitriles is 1. The second-order valence-electron chi connectivity index (χ2n) is 5.29. The predicted octanol–water partition coefficient (Wildman–Crippen LogP) is 5.21. The van der Waals surface area contributed by atoms with Crippen LogP contribution in [0.2, 0.25) is 0 Å². The van der Waals surface area contributed by atoms with E-state index in [1.54, 1.807) is 0 Å². The summed E-state index contributed by atoms with van der Waals surface area (Å²) in [5.41, 5.74) is 0. The summed E-state index contributed by atoms with van der Waals surface area (Å²) >= 11 is 0. The summed E-state index contributed by atoms with van der Waals surface area (Å²) in [6.45, 7) is 0. The van der Waals surface area contributed by atoms with Gasteiger partial charge in [0.25, 0.3) is 0 Å². The highest BCUT2D eigenvalue weighted by Gasteiger charge is 2.07. The van der Waals surface area contributed by atoms with E-state index in [1.807, 2.05) is 0 Å². The fourth-order valence-corrected chi connectivity index (χ4v) is 2.65. The van der Waals surface area contributed by atoms with Crippen molar-refractivity contribution in [3.8, 4) is 6.07 Å². The molecule has 1 aliphatic rings. The van der Waals surface area contributed by atoms with Gasteiger partial charge in [0, 0.05) is 5.92 Å². The molecule has 0 spiro atoms. The van der Waals surface area contributed by atoms with E-state index < -0.39 is 0 Å². The van der Waals surface area contributed by atoms with E-state index in [0.717, 1.165) is 12.8 Å². The molecule has 1 fully saturated rings. The van der Waals surface area contributed by atoms with Crippen LogP contribution in [0.5, 0.6) is 0 Å². The molecule has 1 heteroatoms. The Bertz CT molecular complexity index is 178. The van der Waals surface area contributed by atoms with Crippen LogP contribution in [0.25, 0.3) is 0 Å². The molecule has 1 saturated carbocycles. The Labute approximate surface area is 101 Å². The molecule has 0 aromatic rings. The molecule has 0 N–H and O–H groups in total. The molecule has 0 amide bonds. The summed E-state index contributed by atoms with van der Waals surface area (Å²) in [5, 5.41) is 9.05. The van der Waals surface area contributed by atoms with Crippen molar-refractivity contribution in [3.63, 3.8) is 0 Å². The molecule has 92 valence electrons. The molecule has 0 aromatic heterocycles. The molecular formula is C15H27N. The van der Waals surface area contributed by atoms with Gasteiger partial charge < -0.3 is 0 Å². The summed E-state index contributed by atoms with van der Waals surface area (Å²) < 4.78 is 0. The van der Waals surface area contributed by atoms with Crippen LogP contribution in [0.4, 0.5) is 0 Å². The standard InChI is InChI=1S/C15H27N/c16-14-15-12-10-8-6-4-2-1-3-5-7-9-11-13-15/h15H,1-13H2. The maximum absolute atomic E-state index is 9.05. The zero-order valence-electron chi connectivity index (χ0n) is 10.7. The SMILES string of the molecule is N#CC1CCCCCCCCCCCCC1. The van der Waals surface area contributed by atoms with E-state index in [4.69, 9.17) is 5.26 Å². The normalized spacial score (nSPS) is 23.2. The van der Waals surface area contributed by atoms with Gasteiger partial charge in [0.1, 0.15) is 0 Å². The maximum atomic E-state index is 9.05. The first-order valence-electron chi connectivity index (χ1n) is 7.33. The Morgan fingerprint density at radius 1 is 0.562 bits per heavy atom. The quantitative estimate of drug-likeness (QED) is 0.550. The van der Waals surface area contributed by atoms with E-state index in [2.05, 4.69) is 6.07 Å². The van der Waals surface area contributed by atoms with Gasteiger partial charge in [0.15, 0.2) is 0 Å². The summed E-state index contributed by atoms with van der Waals surface area (Å²) in [5.74, 6) is 0.350. The summed E-state index contributed by atoms with van der Waals surface area (Å²) in [6, 6.07) is 2.48. The number of hydrogen-bond donors (Lipinski definition) is 0. The zero-order valence-corrected chi connectivity index (χ0v) is 10.7. The summed E-state index contributed by atoms with van der Waals surface area (Å²) in [4.78, 5) is 0. The minimum Gasteiger partial charge on any atom is -0.198 e. The Morgan fingerprint density at radius 3 is 1.19 bits per heavy atom. The van der Waals surface area contributed by atoms with Gasteiger partial charge in [0.05, 0.1) is 6.07 Å². The lowest BCUT2D eigenvalue weighted by Crippen LogP contribution is -1.98. The average molecular weight is 221 g/mol. The molecule has 0 heterocycles. The van der Waals surface area contributed by atoms with Crippen molar-refractivity contribution < 1.29 is 0 Å². The molecule has 0 aromatic carbocycles. The second-order valence-corrected chi connectivity index (χ2v) is 5.29. The predicted molar refractivity (Wildman–Crippen MR) is 69.1 cm³/mol.